The molecule has 2 rings (SSSR count). The first kappa shape index (κ1) is 15.0. The van der Waals surface area contributed by atoms with E-state index in [9.17, 15) is 8.78 Å². The highest BCUT2D eigenvalue weighted by Crippen LogP contribution is 2.25. The summed E-state index contributed by atoms with van der Waals surface area (Å²) in [5.41, 5.74) is 0.0497. The first-order chi connectivity index (χ1) is 9.61. The fraction of sp³-hybridized carbons (Fsp3) is 0.333. The molecule has 2 nitrogen and oxygen atoms in total. The lowest BCUT2D eigenvalue weighted by Gasteiger charge is -2.17. The Bertz CT molecular complexity index is 551. The van der Waals surface area contributed by atoms with Crippen LogP contribution in [0, 0.1) is 11.6 Å². The molecule has 1 aromatic carbocycles. The molecule has 0 saturated carbocycles. The first-order valence-corrected chi connectivity index (χ1v) is 6.91. The van der Waals surface area contributed by atoms with Gasteiger partial charge in [-0.2, -0.15) is 0 Å². The summed E-state index contributed by atoms with van der Waals surface area (Å²) >= 11 is 5.76. The molecular weight excluding hydrogens is 284 g/mol. The van der Waals surface area contributed by atoms with Crippen LogP contribution in [0.15, 0.2) is 34.7 Å². The fourth-order valence-electron chi connectivity index (χ4n) is 2.04. The van der Waals surface area contributed by atoms with E-state index in [0.717, 1.165) is 13.0 Å². The van der Waals surface area contributed by atoms with Crippen molar-refractivity contribution >= 4 is 11.6 Å². The van der Waals surface area contributed by atoms with Crippen molar-refractivity contribution in [3.8, 4) is 0 Å². The molecule has 0 spiro atoms. The first-order valence-electron chi connectivity index (χ1n) is 6.53. The maximum absolute atomic E-state index is 13.7. The van der Waals surface area contributed by atoms with E-state index >= 15 is 0 Å². The second kappa shape index (κ2) is 6.86. The third-order valence-corrected chi connectivity index (χ3v) is 3.25. The summed E-state index contributed by atoms with van der Waals surface area (Å²) in [5, 5.41) is 3.48. The molecule has 0 aliphatic heterocycles. The second-order valence-corrected chi connectivity index (χ2v) is 4.93. The highest BCUT2D eigenvalue weighted by atomic mass is 35.5. The fourth-order valence-corrected chi connectivity index (χ4v) is 2.19. The summed E-state index contributed by atoms with van der Waals surface area (Å²) in [6.45, 7) is 2.74. The summed E-state index contributed by atoms with van der Waals surface area (Å²) in [7, 11) is 0. The van der Waals surface area contributed by atoms with Crippen molar-refractivity contribution in [2.45, 2.75) is 25.8 Å². The molecule has 0 amide bonds. The number of benzene rings is 1. The van der Waals surface area contributed by atoms with Gasteiger partial charge in [0.15, 0.2) is 5.22 Å². The normalized spacial score (nSPS) is 12.6. The Morgan fingerprint density at radius 2 is 1.90 bits per heavy atom. The van der Waals surface area contributed by atoms with Gasteiger partial charge in [0.25, 0.3) is 0 Å². The van der Waals surface area contributed by atoms with E-state index in [4.69, 9.17) is 16.0 Å². The number of furan rings is 1. The van der Waals surface area contributed by atoms with E-state index in [-0.39, 0.29) is 23.2 Å². The Hall–Kier alpha value is -1.39. The summed E-state index contributed by atoms with van der Waals surface area (Å²) in [4.78, 5) is 0. The zero-order valence-electron chi connectivity index (χ0n) is 11.1. The van der Waals surface area contributed by atoms with Crippen LogP contribution in [0.25, 0.3) is 0 Å². The van der Waals surface area contributed by atoms with Crippen LogP contribution in [-0.2, 0) is 6.42 Å². The number of rotatable bonds is 6. The number of hydrogen-bond acceptors (Lipinski definition) is 2. The van der Waals surface area contributed by atoms with E-state index in [2.05, 4.69) is 5.32 Å². The molecule has 1 heterocycles. The number of hydrogen-bond donors (Lipinski definition) is 1. The minimum atomic E-state index is -0.550. The van der Waals surface area contributed by atoms with Crippen LogP contribution in [0.3, 0.4) is 0 Å². The minimum Gasteiger partial charge on any atom is -0.448 e. The van der Waals surface area contributed by atoms with Gasteiger partial charge in [0, 0.05) is 12.0 Å². The molecule has 1 aromatic heterocycles. The van der Waals surface area contributed by atoms with Crippen molar-refractivity contribution in [2.24, 2.45) is 0 Å². The van der Waals surface area contributed by atoms with Crippen LogP contribution < -0.4 is 5.32 Å². The molecule has 0 saturated heterocycles. The summed E-state index contributed by atoms with van der Waals surface area (Å²) < 4.78 is 32.8. The van der Waals surface area contributed by atoms with E-state index < -0.39 is 11.6 Å². The smallest absolute Gasteiger partial charge is 0.193 e. The van der Waals surface area contributed by atoms with Crippen molar-refractivity contribution in [1.82, 2.24) is 5.32 Å². The Balaban J connectivity index is 2.23. The highest BCUT2D eigenvalue weighted by Gasteiger charge is 2.19. The SMILES string of the molecule is CCCNC(Cc1c(F)cccc1F)c1ccc(Cl)o1. The van der Waals surface area contributed by atoms with Crippen LogP contribution in [-0.4, -0.2) is 6.54 Å². The predicted molar refractivity (Wildman–Crippen MR) is 74.8 cm³/mol. The number of halogens is 3. The van der Waals surface area contributed by atoms with Gasteiger partial charge in [0.1, 0.15) is 17.4 Å². The van der Waals surface area contributed by atoms with Crippen LogP contribution in [0.2, 0.25) is 5.22 Å². The molecule has 0 bridgehead atoms. The van der Waals surface area contributed by atoms with Crippen molar-refractivity contribution in [3.63, 3.8) is 0 Å². The van der Waals surface area contributed by atoms with E-state index in [1.54, 1.807) is 12.1 Å². The third-order valence-electron chi connectivity index (χ3n) is 3.05. The van der Waals surface area contributed by atoms with Gasteiger partial charge in [-0.05, 0) is 48.8 Å². The van der Waals surface area contributed by atoms with Gasteiger partial charge in [-0.15, -0.1) is 0 Å². The molecular formula is C15H16ClF2NO. The highest BCUT2D eigenvalue weighted by molar-refractivity contribution is 6.28. The predicted octanol–water partition coefficient (Wildman–Crippen LogP) is 4.49. The average molecular weight is 300 g/mol. The van der Waals surface area contributed by atoms with Crippen molar-refractivity contribution in [3.05, 3.63) is 58.5 Å². The Morgan fingerprint density at radius 1 is 1.20 bits per heavy atom. The van der Waals surface area contributed by atoms with Gasteiger partial charge in [-0.3, -0.25) is 0 Å². The lowest BCUT2D eigenvalue weighted by atomic mass is 10.0. The zero-order chi connectivity index (χ0) is 14.5. The maximum atomic E-state index is 13.7. The summed E-state index contributed by atoms with van der Waals surface area (Å²) in [6, 6.07) is 6.89. The molecule has 0 aliphatic rings. The lowest BCUT2D eigenvalue weighted by Crippen LogP contribution is -2.24. The van der Waals surface area contributed by atoms with Gasteiger partial charge in [0.2, 0.25) is 0 Å². The van der Waals surface area contributed by atoms with Crippen LogP contribution in [0.1, 0.15) is 30.7 Å². The lowest BCUT2D eigenvalue weighted by molar-refractivity contribution is 0.402. The second-order valence-electron chi connectivity index (χ2n) is 4.55. The van der Waals surface area contributed by atoms with Gasteiger partial charge in [-0.25, -0.2) is 8.78 Å². The third kappa shape index (κ3) is 3.58. The van der Waals surface area contributed by atoms with Gasteiger partial charge in [0.05, 0.1) is 6.04 Å². The standard InChI is InChI=1S/C15H16ClF2NO/c1-2-8-19-13(14-6-7-15(16)20-14)9-10-11(17)4-3-5-12(10)18/h3-7,13,19H,2,8-9H2,1H3. The van der Waals surface area contributed by atoms with E-state index in [0.29, 0.717) is 5.76 Å². The average Bonchev–Trinajstić information content (AvgIpc) is 2.84. The largest absolute Gasteiger partial charge is 0.448 e. The molecule has 5 heteroatoms. The summed E-state index contributed by atoms with van der Waals surface area (Å²) in [5.74, 6) is -0.525. The molecule has 2 aromatic rings. The molecule has 0 aliphatic carbocycles. The Kier molecular flexibility index (Phi) is 5.15. The minimum absolute atomic E-state index is 0.0497. The molecule has 0 fully saturated rings. The Morgan fingerprint density at radius 3 is 2.45 bits per heavy atom. The van der Waals surface area contributed by atoms with Gasteiger partial charge >= 0.3 is 0 Å². The molecule has 108 valence electrons. The molecule has 20 heavy (non-hydrogen) atoms. The molecule has 1 atom stereocenters. The molecule has 1 unspecified atom stereocenters. The van der Waals surface area contributed by atoms with Crippen molar-refractivity contribution in [2.75, 3.05) is 6.54 Å². The molecule has 1 N–H and O–H groups in total. The van der Waals surface area contributed by atoms with Crippen LogP contribution in [0.5, 0.6) is 0 Å². The van der Waals surface area contributed by atoms with E-state index in [1.165, 1.54) is 18.2 Å². The quantitative estimate of drug-likeness (QED) is 0.850. The van der Waals surface area contributed by atoms with Gasteiger partial charge < -0.3 is 9.73 Å². The van der Waals surface area contributed by atoms with Crippen molar-refractivity contribution < 1.29 is 13.2 Å². The molecule has 0 radical (unpaired) electrons. The monoisotopic (exact) mass is 299 g/mol. The summed E-state index contributed by atoms with van der Waals surface area (Å²) in [6.07, 6.45) is 1.08. The van der Waals surface area contributed by atoms with Gasteiger partial charge in [-0.1, -0.05) is 13.0 Å². The van der Waals surface area contributed by atoms with Crippen LogP contribution in [0.4, 0.5) is 8.78 Å². The maximum Gasteiger partial charge on any atom is 0.193 e. The van der Waals surface area contributed by atoms with E-state index in [1.807, 2.05) is 6.92 Å². The zero-order valence-corrected chi connectivity index (χ0v) is 11.9. The Labute approximate surface area is 121 Å². The van der Waals surface area contributed by atoms with Crippen molar-refractivity contribution in [1.29, 1.82) is 0 Å². The topological polar surface area (TPSA) is 25.2 Å². The number of nitrogens with one attached hydrogen (secondary N) is 1. The van der Waals surface area contributed by atoms with Crippen LogP contribution >= 0.6 is 11.6 Å².